The maximum absolute atomic E-state index is 13.4. The lowest BCUT2D eigenvalue weighted by atomic mass is 10.0. The van der Waals surface area contributed by atoms with Crippen LogP contribution in [0, 0.1) is 0 Å². The van der Waals surface area contributed by atoms with Crippen LogP contribution in [-0.4, -0.2) is 23.3 Å². The van der Waals surface area contributed by atoms with E-state index in [2.05, 4.69) is 0 Å². The number of para-hydroxylation sites is 1. The van der Waals surface area contributed by atoms with Crippen molar-refractivity contribution in [3.8, 4) is 5.75 Å². The molecule has 1 amide bonds. The lowest BCUT2D eigenvalue weighted by molar-refractivity contribution is 0.0985. The first-order valence-corrected chi connectivity index (χ1v) is 9.91. The van der Waals surface area contributed by atoms with Gasteiger partial charge in [0.05, 0.1) is 5.69 Å². The molecular formula is C21H19NO4S. The Morgan fingerprint density at radius 2 is 2.07 bits per heavy atom. The van der Waals surface area contributed by atoms with Gasteiger partial charge in [0.25, 0.3) is 5.91 Å². The third-order valence-electron chi connectivity index (χ3n) is 4.68. The number of fused-ring (bicyclic) bond motifs is 2. The largest absolute Gasteiger partial charge is 0.507 e. The molecule has 0 aliphatic carbocycles. The number of amides is 1. The fraction of sp³-hybridized carbons (Fsp3) is 0.238. The second kappa shape index (κ2) is 7.12. The Morgan fingerprint density at radius 1 is 1.26 bits per heavy atom. The molecule has 0 fully saturated rings. The number of anilines is 1. The van der Waals surface area contributed by atoms with Crippen molar-refractivity contribution < 1.29 is 14.3 Å². The van der Waals surface area contributed by atoms with Crippen LogP contribution >= 0.6 is 11.8 Å². The normalized spacial score (nSPS) is 13.6. The highest BCUT2D eigenvalue weighted by Crippen LogP contribution is 2.37. The van der Waals surface area contributed by atoms with Gasteiger partial charge in [-0.15, -0.1) is 11.8 Å². The van der Waals surface area contributed by atoms with Crippen LogP contribution in [0.15, 0.2) is 56.6 Å². The molecule has 1 aromatic heterocycles. The van der Waals surface area contributed by atoms with Crippen LogP contribution in [0.1, 0.15) is 29.3 Å². The highest BCUT2D eigenvalue weighted by Gasteiger charge is 2.28. The van der Waals surface area contributed by atoms with E-state index in [9.17, 15) is 14.7 Å². The van der Waals surface area contributed by atoms with Crippen molar-refractivity contribution in [1.29, 1.82) is 0 Å². The van der Waals surface area contributed by atoms with Gasteiger partial charge in [0.15, 0.2) is 5.58 Å². The zero-order valence-electron chi connectivity index (χ0n) is 14.9. The minimum Gasteiger partial charge on any atom is -0.507 e. The predicted octanol–water partition coefficient (Wildman–Crippen LogP) is 4.20. The van der Waals surface area contributed by atoms with Crippen molar-refractivity contribution >= 4 is 34.3 Å². The van der Waals surface area contributed by atoms with Gasteiger partial charge in [0.2, 0.25) is 0 Å². The van der Waals surface area contributed by atoms with Gasteiger partial charge < -0.3 is 14.4 Å². The molecule has 1 aliphatic heterocycles. The van der Waals surface area contributed by atoms with Gasteiger partial charge >= 0.3 is 5.63 Å². The molecular weight excluding hydrogens is 362 g/mol. The second-order valence-corrected chi connectivity index (χ2v) is 7.59. The van der Waals surface area contributed by atoms with Gasteiger partial charge in [-0.1, -0.05) is 25.5 Å². The van der Waals surface area contributed by atoms with E-state index in [1.165, 1.54) is 12.1 Å². The van der Waals surface area contributed by atoms with Gasteiger partial charge in [-0.2, -0.15) is 0 Å². The van der Waals surface area contributed by atoms with E-state index in [4.69, 9.17) is 4.42 Å². The van der Waals surface area contributed by atoms with Crippen molar-refractivity contribution in [2.45, 2.75) is 24.7 Å². The summed E-state index contributed by atoms with van der Waals surface area (Å²) in [5.41, 5.74) is 1.32. The molecule has 1 N–H and O–H groups in total. The number of rotatable bonds is 3. The average molecular weight is 381 g/mol. The SMILES string of the molecule is CCCc1cc(=O)oc2c(C(=O)N3CCSc4ccccc43)c(O)ccc12. The summed E-state index contributed by atoms with van der Waals surface area (Å²) in [5.74, 6) is 0.224. The molecule has 3 aromatic rings. The minimum atomic E-state index is -0.514. The van der Waals surface area contributed by atoms with Crippen molar-refractivity contribution in [2.75, 3.05) is 17.2 Å². The minimum absolute atomic E-state index is 0.0456. The first-order valence-electron chi connectivity index (χ1n) is 8.92. The van der Waals surface area contributed by atoms with Gasteiger partial charge in [0, 0.05) is 28.6 Å². The number of benzene rings is 2. The zero-order valence-corrected chi connectivity index (χ0v) is 15.7. The Labute approximate surface area is 160 Å². The molecule has 0 saturated heterocycles. The van der Waals surface area contributed by atoms with Crippen LogP contribution in [0.3, 0.4) is 0 Å². The Hall–Kier alpha value is -2.73. The maximum atomic E-state index is 13.4. The molecule has 0 atom stereocenters. The lowest BCUT2D eigenvalue weighted by Gasteiger charge is -2.29. The molecule has 4 rings (SSSR count). The molecule has 27 heavy (non-hydrogen) atoms. The van der Waals surface area contributed by atoms with E-state index in [-0.39, 0.29) is 22.8 Å². The number of carbonyl (C=O) groups excluding carboxylic acids is 1. The van der Waals surface area contributed by atoms with E-state index in [0.717, 1.165) is 28.3 Å². The van der Waals surface area contributed by atoms with Crippen LogP contribution in [0.5, 0.6) is 5.75 Å². The van der Waals surface area contributed by atoms with E-state index in [1.54, 1.807) is 22.7 Å². The molecule has 0 bridgehead atoms. The third-order valence-corrected chi connectivity index (χ3v) is 5.73. The number of nitrogens with zero attached hydrogens (tertiary/aromatic N) is 1. The number of aryl methyl sites for hydroxylation is 1. The first kappa shape index (κ1) is 17.7. The van der Waals surface area contributed by atoms with Crippen LogP contribution in [-0.2, 0) is 6.42 Å². The summed E-state index contributed by atoms with van der Waals surface area (Å²) in [6.45, 7) is 2.55. The Balaban J connectivity index is 1.90. The van der Waals surface area contributed by atoms with Crippen LogP contribution in [0.25, 0.3) is 11.0 Å². The highest BCUT2D eigenvalue weighted by atomic mass is 32.2. The maximum Gasteiger partial charge on any atom is 0.336 e. The summed E-state index contributed by atoms with van der Waals surface area (Å²) >= 11 is 1.69. The van der Waals surface area contributed by atoms with Gasteiger partial charge in [-0.05, 0) is 36.2 Å². The second-order valence-electron chi connectivity index (χ2n) is 6.45. The van der Waals surface area contributed by atoms with Gasteiger partial charge in [0.1, 0.15) is 11.3 Å². The molecule has 0 saturated carbocycles. The van der Waals surface area contributed by atoms with E-state index >= 15 is 0 Å². The summed E-state index contributed by atoms with van der Waals surface area (Å²) in [4.78, 5) is 28.1. The monoisotopic (exact) mass is 381 g/mol. The molecule has 2 heterocycles. The number of hydrogen-bond acceptors (Lipinski definition) is 5. The van der Waals surface area contributed by atoms with Crippen LogP contribution in [0.4, 0.5) is 5.69 Å². The quantitative estimate of drug-likeness (QED) is 0.689. The van der Waals surface area contributed by atoms with E-state index < -0.39 is 5.63 Å². The van der Waals surface area contributed by atoms with Crippen LogP contribution in [0.2, 0.25) is 0 Å². The Bertz CT molecular complexity index is 1090. The first-order chi connectivity index (χ1) is 13.1. The molecule has 5 nitrogen and oxygen atoms in total. The number of thioether (sulfide) groups is 1. The number of phenols is 1. The summed E-state index contributed by atoms with van der Waals surface area (Å²) in [7, 11) is 0. The van der Waals surface area contributed by atoms with E-state index in [1.807, 2.05) is 31.2 Å². The molecule has 0 unspecified atom stereocenters. The van der Waals surface area contributed by atoms with E-state index in [0.29, 0.717) is 18.4 Å². The third kappa shape index (κ3) is 3.10. The molecule has 0 radical (unpaired) electrons. The van der Waals surface area contributed by atoms with Gasteiger partial charge in [-0.3, -0.25) is 4.79 Å². The predicted molar refractivity (Wildman–Crippen MR) is 107 cm³/mol. The van der Waals surface area contributed by atoms with Crippen molar-refractivity contribution in [2.24, 2.45) is 0 Å². The van der Waals surface area contributed by atoms with Crippen molar-refractivity contribution in [3.05, 3.63) is 64.0 Å². The van der Waals surface area contributed by atoms with Crippen molar-refractivity contribution in [1.82, 2.24) is 0 Å². The summed E-state index contributed by atoms with van der Waals surface area (Å²) in [6, 6.07) is 12.3. The molecule has 2 aromatic carbocycles. The molecule has 6 heteroatoms. The number of carbonyl (C=O) groups is 1. The Kier molecular flexibility index (Phi) is 4.66. The fourth-order valence-electron chi connectivity index (χ4n) is 3.48. The molecule has 138 valence electrons. The van der Waals surface area contributed by atoms with Crippen molar-refractivity contribution in [3.63, 3.8) is 0 Å². The molecule has 1 aliphatic rings. The summed E-state index contributed by atoms with van der Waals surface area (Å²) in [5, 5.41) is 11.1. The highest BCUT2D eigenvalue weighted by molar-refractivity contribution is 7.99. The zero-order chi connectivity index (χ0) is 19.0. The number of phenolic OH excluding ortho intramolecular Hbond substituents is 1. The smallest absolute Gasteiger partial charge is 0.336 e. The summed E-state index contributed by atoms with van der Waals surface area (Å²) < 4.78 is 5.39. The van der Waals surface area contributed by atoms with Gasteiger partial charge in [-0.25, -0.2) is 4.79 Å². The standard InChI is InChI=1S/C21H19NO4S/c1-2-5-13-12-18(24)26-20-14(13)8-9-16(23)19(20)21(25)22-10-11-27-17-7-4-3-6-15(17)22/h3-4,6-9,12,23H,2,5,10-11H2,1H3. The average Bonchev–Trinajstić information content (AvgIpc) is 2.67. The summed E-state index contributed by atoms with van der Waals surface area (Å²) in [6.07, 6.45) is 1.56. The topological polar surface area (TPSA) is 70.8 Å². The number of aromatic hydroxyl groups is 1. The Morgan fingerprint density at radius 3 is 2.89 bits per heavy atom. The molecule has 0 spiro atoms. The van der Waals surface area contributed by atoms with Crippen LogP contribution < -0.4 is 10.5 Å². The fourth-order valence-corrected chi connectivity index (χ4v) is 4.47. The number of hydrogen-bond donors (Lipinski definition) is 1. The lowest BCUT2D eigenvalue weighted by Crippen LogP contribution is -2.35.